The Morgan fingerprint density at radius 2 is 2.05 bits per heavy atom. The van der Waals surface area contributed by atoms with E-state index >= 15 is 0 Å². The van der Waals surface area contributed by atoms with Gasteiger partial charge in [-0.05, 0) is 26.2 Å². The van der Waals surface area contributed by atoms with Crippen molar-refractivity contribution in [2.45, 2.75) is 59.4 Å². The molecule has 1 aromatic heterocycles. The first-order chi connectivity index (χ1) is 10.1. The fraction of sp³-hybridized carbons (Fsp3) is 0.688. The molecule has 1 amide bonds. The molecule has 1 heterocycles. The number of hydrogen-bond acceptors (Lipinski definition) is 4. The van der Waals surface area contributed by atoms with E-state index in [0.717, 1.165) is 38.8 Å². The SMILES string of the molecule is CCCCN(C(=O)c1cncc(NCCC)n1)C(C)CC. The summed E-state index contributed by atoms with van der Waals surface area (Å²) in [6, 6.07) is 0.220. The number of amides is 1. The summed E-state index contributed by atoms with van der Waals surface area (Å²) >= 11 is 0. The molecule has 0 saturated heterocycles. The van der Waals surface area contributed by atoms with E-state index in [1.54, 1.807) is 12.4 Å². The summed E-state index contributed by atoms with van der Waals surface area (Å²) in [4.78, 5) is 23.1. The third kappa shape index (κ3) is 5.33. The molecule has 0 aliphatic rings. The average molecular weight is 292 g/mol. The van der Waals surface area contributed by atoms with Crippen LogP contribution in [0.2, 0.25) is 0 Å². The Bertz CT molecular complexity index is 436. The summed E-state index contributed by atoms with van der Waals surface area (Å²) in [7, 11) is 0. The first-order valence-corrected chi connectivity index (χ1v) is 8.00. The molecule has 118 valence electrons. The van der Waals surface area contributed by atoms with Crippen molar-refractivity contribution in [1.29, 1.82) is 0 Å². The Labute approximate surface area is 128 Å². The molecule has 0 aliphatic heterocycles. The number of aromatic nitrogens is 2. The second-order valence-electron chi connectivity index (χ2n) is 5.33. The number of unbranched alkanes of at least 4 members (excludes halogenated alkanes) is 1. The van der Waals surface area contributed by atoms with E-state index < -0.39 is 0 Å². The van der Waals surface area contributed by atoms with Crippen molar-refractivity contribution in [3.8, 4) is 0 Å². The number of nitrogens with zero attached hydrogens (tertiary/aromatic N) is 3. The highest BCUT2D eigenvalue weighted by Gasteiger charge is 2.21. The first kappa shape index (κ1) is 17.4. The molecular formula is C16H28N4O. The van der Waals surface area contributed by atoms with Crippen molar-refractivity contribution in [1.82, 2.24) is 14.9 Å². The molecular weight excluding hydrogens is 264 g/mol. The van der Waals surface area contributed by atoms with Crippen molar-refractivity contribution in [2.75, 3.05) is 18.4 Å². The van der Waals surface area contributed by atoms with Gasteiger partial charge in [0.2, 0.25) is 0 Å². The Morgan fingerprint density at radius 3 is 2.67 bits per heavy atom. The monoisotopic (exact) mass is 292 g/mol. The highest BCUT2D eigenvalue weighted by atomic mass is 16.2. The van der Waals surface area contributed by atoms with Crippen molar-refractivity contribution in [2.24, 2.45) is 0 Å². The second kappa shape index (κ2) is 9.32. The quantitative estimate of drug-likeness (QED) is 0.758. The molecule has 5 nitrogen and oxygen atoms in total. The third-order valence-corrected chi connectivity index (χ3v) is 3.55. The Hall–Kier alpha value is -1.65. The predicted molar refractivity (Wildman–Crippen MR) is 86.5 cm³/mol. The van der Waals surface area contributed by atoms with Crippen LogP contribution < -0.4 is 5.32 Å². The maximum absolute atomic E-state index is 12.7. The van der Waals surface area contributed by atoms with Gasteiger partial charge in [-0.15, -0.1) is 0 Å². The van der Waals surface area contributed by atoms with E-state index in [1.165, 1.54) is 0 Å². The molecule has 0 spiro atoms. The molecule has 5 heteroatoms. The lowest BCUT2D eigenvalue weighted by atomic mass is 10.2. The van der Waals surface area contributed by atoms with Crippen molar-refractivity contribution < 1.29 is 4.79 Å². The van der Waals surface area contributed by atoms with Crippen molar-refractivity contribution in [3.63, 3.8) is 0 Å². The third-order valence-electron chi connectivity index (χ3n) is 3.55. The molecule has 1 rings (SSSR count). The van der Waals surface area contributed by atoms with Crippen molar-refractivity contribution >= 4 is 11.7 Å². The lowest BCUT2D eigenvalue weighted by molar-refractivity contribution is 0.0679. The fourth-order valence-corrected chi connectivity index (χ4v) is 2.03. The molecule has 0 aliphatic carbocycles. The normalized spacial score (nSPS) is 12.0. The Balaban J connectivity index is 2.86. The van der Waals surface area contributed by atoms with E-state index in [1.807, 2.05) is 4.90 Å². The summed E-state index contributed by atoms with van der Waals surface area (Å²) in [6.07, 6.45) is 7.25. The summed E-state index contributed by atoms with van der Waals surface area (Å²) in [5.41, 5.74) is 0.424. The fourth-order valence-electron chi connectivity index (χ4n) is 2.03. The molecule has 1 aromatic rings. The molecule has 0 saturated carbocycles. The second-order valence-corrected chi connectivity index (χ2v) is 5.33. The van der Waals surface area contributed by atoms with Crippen LogP contribution in [0.4, 0.5) is 5.82 Å². The first-order valence-electron chi connectivity index (χ1n) is 8.00. The summed E-state index contributed by atoms with van der Waals surface area (Å²) in [5, 5.41) is 3.17. The topological polar surface area (TPSA) is 58.1 Å². The highest BCUT2D eigenvalue weighted by molar-refractivity contribution is 5.92. The summed E-state index contributed by atoms with van der Waals surface area (Å²) < 4.78 is 0. The van der Waals surface area contributed by atoms with Crippen LogP contribution in [0.3, 0.4) is 0 Å². The van der Waals surface area contributed by atoms with Crippen LogP contribution in [0.25, 0.3) is 0 Å². The van der Waals surface area contributed by atoms with E-state index in [9.17, 15) is 4.79 Å². The molecule has 0 bridgehead atoms. The van der Waals surface area contributed by atoms with Gasteiger partial charge in [0.15, 0.2) is 0 Å². The van der Waals surface area contributed by atoms with Gasteiger partial charge in [0.25, 0.3) is 5.91 Å². The van der Waals surface area contributed by atoms with Crippen LogP contribution in [0.15, 0.2) is 12.4 Å². The highest BCUT2D eigenvalue weighted by Crippen LogP contribution is 2.12. The van der Waals surface area contributed by atoms with Gasteiger partial charge in [-0.2, -0.15) is 0 Å². The van der Waals surface area contributed by atoms with E-state index in [2.05, 4.69) is 43.0 Å². The van der Waals surface area contributed by atoms with E-state index in [0.29, 0.717) is 11.5 Å². The maximum atomic E-state index is 12.7. The minimum absolute atomic E-state index is 0.0227. The van der Waals surface area contributed by atoms with E-state index in [4.69, 9.17) is 0 Å². The molecule has 0 fully saturated rings. The lowest BCUT2D eigenvalue weighted by Gasteiger charge is -2.28. The van der Waals surface area contributed by atoms with Crippen LogP contribution >= 0.6 is 0 Å². The zero-order chi connectivity index (χ0) is 15.7. The predicted octanol–water partition coefficient (Wildman–Crippen LogP) is 3.34. The number of rotatable bonds is 9. The van der Waals surface area contributed by atoms with Gasteiger partial charge in [-0.1, -0.05) is 27.2 Å². The number of carbonyl (C=O) groups is 1. The van der Waals surface area contributed by atoms with Crippen LogP contribution in [0.1, 0.15) is 63.9 Å². The van der Waals surface area contributed by atoms with Crippen LogP contribution in [-0.4, -0.2) is 39.9 Å². The van der Waals surface area contributed by atoms with Gasteiger partial charge >= 0.3 is 0 Å². The molecule has 1 atom stereocenters. The largest absolute Gasteiger partial charge is 0.369 e. The zero-order valence-corrected chi connectivity index (χ0v) is 13.7. The van der Waals surface area contributed by atoms with Gasteiger partial charge in [0.1, 0.15) is 11.5 Å². The summed E-state index contributed by atoms with van der Waals surface area (Å²) in [5.74, 6) is 0.646. The molecule has 21 heavy (non-hydrogen) atoms. The molecule has 0 radical (unpaired) electrons. The van der Waals surface area contributed by atoms with Gasteiger partial charge in [0, 0.05) is 19.1 Å². The van der Waals surface area contributed by atoms with Gasteiger partial charge in [-0.3, -0.25) is 9.78 Å². The van der Waals surface area contributed by atoms with E-state index in [-0.39, 0.29) is 11.9 Å². The minimum atomic E-state index is -0.0227. The smallest absolute Gasteiger partial charge is 0.274 e. The summed E-state index contributed by atoms with van der Waals surface area (Å²) in [6.45, 7) is 10.0. The van der Waals surface area contributed by atoms with Crippen LogP contribution in [-0.2, 0) is 0 Å². The number of nitrogens with one attached hydrogen (secondary N) is 1. The standard InChI is InChI=1S/C16H28N4O/c1-5-8-10-20(13(4)7-3)16(21)14-11-17-12-15(19-14)18-9-6-2/h11-13H,5-10H2,1-4H3,(H,18,19). The molecule has 1 unspecified atom stereocenters. The minimum Gasteiger partial charge on any atom is -0.369 e. The average Bonchev–Trinajstić information content (AvgIpc) is 2.52. The maximum Gasteiger partial charge on any atom is 0.274 e. The lowest BCUT2D eigenvalue weighted by Crippen LogP contribution is -2.39. The van der Waals surface area contributed by atoms with Crippen LogP contribution in [0, 0.1) is 0 Å². The van der Waals surface area contributed by atoms with Crippen molar-refractivity contribution in [3.05, 3.63) is 18.1 Å². The van der Waals surface area contributed by atoms with Gasteiger partial charge in [-0.25, -0.2) is 4.98 Å². The van der Waals surface area contributed by atoms with Gasteiger partial charge < -0.3 is 10.2 Å². The Morgan fingerprint density at radius 1 is 1.29 bits per heavy atom. The molecule has 1 N–H and O–H groups in total. The zero-order valence-electron chi connectivity index (χ0n) is 13.7. The number of anilines is 1. The molecule has 0 aromatic carbocycles. The van der Waals surface area contributed by atoms with Gasteiger partial charge in [0.05, 0.1) is 12.4 Å². The van der Waals surface area contributed by atoms with Crippen LogP contribution in [0.5, 0.6) is 0 Å². The number of hydrogen-bond donors (Lipinski definition) is 1. The number of carbonyl (C=O) groups excluding carboxylic acids is 1. The Kier molecular flexibility index (Phi) is 7.72.